The van der Waals surface area contributed by atoms with Crippen LogP contribution in [0.2, 0.25) is 0 Å². The molecule has 1 amide bonds. The van der Waals surface area contributed by atoms with Gasteiger partial charge in [0.1, 0.15) is 12.1 Å². The van der Waals surface area contributed by atoms with Crippen LogP contribution in [0.3, 0.4) is 0 Å². The fraction of sp³-hybridized carbons (Fsp3) is 0.583. The minimum atomic E-state index is -0.995. The van der Waals surface area contributed by atoms with Crippen molar-refractivity contribution in [3.63, 3.8) is 0 Å². The molecule has 0 atom stereocenters. The summed E-state index contributed by atoms with van der Waals surface area (Å²) in [6.07, 6.45) is 2.09. The number of aromatic carboxylic acids is 1. The molecule has 1 fully saturated rings. The summed E-state index contributed by atoms with van der Waals surface area (Å²) in [5.41, 5.74) is 1.19. The van der Waals surface area contributed by atoms with E-state index in [1.54, 1.807) is 18.7 Å². The summed E-state index contributed by atoms with van der Waals surface area (Å²) in [4.78, 5) is 24.8. The molecule has 1 aliphatic heterocycles. The van der Waals surface area contributed by atoms with Crippen molar-refractivity contribution in [2.75, 3.05) is 13.1 Å². The monoisotopic (exact) mass is 251 g/mol. The first kappa shape index (κ1) is 12.6. The lowest BCUT2D eigenvalue weighted by Crippen LogP contribution is -2.31. The molecule has 0 radical (unpaired) electrons. The fourth-order valence-corrected chi connectivity index (χ4v) is 2.36. The molecule has 0 aromatic carbocycles. The van der Waals surface area contributed by atoms with Crippen LogP contribution >= 0.6 is 0 Å². The summed E-state index contributed by atoms with van der Waals surface area (Å²) < 4.78 is 1.49. The van der Waals surface area contributed by atoms with Gasteiger partial charge in [0.05, 0.1) is 11.4 Å². The van der Waals surface area contributed by atoms with Gasteiger partial charge in [0, 0.05) is 13.1 Å². The van der Waals surface area contributed by atoms with Crippen LogP contribution in [0, 0.1) is 13.8 Å². The zero-order valence-electron chi connectivity index (χ0n) is 10.6. The van der Waals surface area contributed by atoms with Crippen molar-refractivity contribution in [3.8, 4) is 0 Å². The van der Waals surface area contributed by atoms with E-state index in [0.29, 0.717) is 11.4 Å². The predicted octanol–water partition coefficient (Wildman–Crippen LogP) is 0.821. The topological polar surface area (TPSA) is 75.4 Å². The minimum absolute atomic E-state index is 0.00930. The molecule has 1 aliphatic rings. The first-order valence-corrected chi connectivity index (χ1v) is 6.05. The molecule has 0 unspecified atom stereocenters. The van der Waals surface area contributed by atoms with Crippen molar-refractivity contribution in [2.45, 2.75) is 33.2 Å². The van der Waals surface area contributed by atoms with Crippen molar-refractivity contribution in [3.05, 3.63) is 17.0 Å². The van der Waals surface area contributed by atoms with Crippen molar-refractivity contribution in [1.29, 1.82) is 0 Å². The van der Waals surface area contributed by atoms with E-state index in [-0.39, 0.29) is 18.0 Å². The highest BCUT2D eigenvalue weighted by Gasteiger charge is 2.22. The van der Waals surface area contributed by atoms with Crippen LogP contribution in [0.4, 0.5) is 0 Å². The average molecular weight is 251 g/mol. The minimum Gasteiger partial charge on any atom is -0.478 e. The highest BCUT2D eigenvalue weighted by Crippen LogP contribution is 2.14. The van der Waals surface area contributed by atoms with Gasteiger partial charge in [-0.05, 0) is 26.7 Å². The lowest BCUT2D eigenvalue weighted by Gasteiger charge is -2.15. The van der Waals surface area contributed by atoms with Gasteiger partial charge in [-0.15, -0.1) is 0 Å². The van der Waals surface area contributed by atoms with Gasteiger partial charge in [0.15, 0.2) is 0 Å². The normalized spacial score (nSPS) is 15.1. The number of rotatable bonds is 3. The summed E-state index contributed by atoms with van der Waals surface area (Å²) in [5.74, 6) is -0.986. The van der Waals surface area contributed by atoms with Crippen molar-refractivity contribution in [2.24, 2.45) is 0 Å². The molecule has 0 spiro atoms. The molecule has 0 aliphatic carbocycles. The molecule has 98 valence electrons. The second kappa shape index (κ2) is 4.80. The van der Waals surface area contributed by atoms with Crippen LogP contribution in [0.15, 0.2) is 0 Å². The molecule has 0 saturated carbocycles. The van der Waals surface area contributed by atoms with E-state index in [1.165, 1.54) is 4.68 Å². The Balaban J connectivity index is 2.17. The first-order valence-electron chi connectivity index (χ1n) is 6.05. The maximum Gasteiger partial charge on any atom is 0.339 e. The lowest BCUT2D eigenvalue weighted by molar-refractivity contribution is -0.131. The Kier molecular flexibility index (Phi) is 3.36. The molecule has 1 aromatic rings. The van der Waals surface area contributed by atoms with Gasteiger partial charge >= 0.3 is 5.97 Å². The summed E-state index contributed by atoms with van der Waals surface area (Å²) in [6, 6.07) is 0. The maximum atomic E-state index is 12.0. The van der Waals surface area contributed by atoms with Crippen molar-refractivity contribution < 1.29 is 14.7 Å². The molecule has 18 heavy (non-hydrogen) atoms. The third kappa shape index (κ3) is 2.23. The molecule has 6 heteroatoms. The Hall–Kier alpha value is -1.85. The number of amides is 1. The Labute approximate surface area is 105 Å². The zero-order valence-corrected chi connectivity index (χ0v) is 10.6. The maximum absolute atomic E-state index is 12.0. The molecule has 1 saturated heterocycles. The van der Waals surface area contributed by atoms with Gasteiger partial charge in [-0.25, -0.2) is 4.79 Å². The number of hydrogen-bond acceptors (Lipinski definition) is 3. The first-order chi connectivity index (χ1) is 8.50. The van der Waals surface area contributed by atoms with E-state index in [2.05, 4.69) is 5.10 Å². The number of aromatic nitrogens is 2. The quantitative estimate of drug-likeness (QED) is 0.863. The summed E-state index contributed by atoms with van der Waals surface area (Å²) in [6.45, 7) is 5.04. The Morgan fingerprint density at radius 3 is 2.39 bits per heavy atom. The highest BCUT2D eigenvalue weighted by molar-refractivity contribution is 5.90. The Morgan fingerprint density at radius 1 is 1.28 bits per heavy atom. The molecular weight excluding hydrogens is 234 g/mol. The number of carbonyl (C=O) groups excluding carboxylic acids is 1. The summed E-state index contributed by atoms with van der Waals surface area (Å²) in [5, 5.41) is 13.2. The van der Waals surface area contributed by atoms with Crippen LogP contribution in [0.25, 0.3) is 0 Å². The van der Waals surface area contributed by atoms with Gasteiger partial charge in [0.2, 0.25) is 5.91 Å². The van der Waals surface area contributed by atoms with Crippen molar-refractivity contribution >= 4 is 11.9 Å². The zero-order chi connectivity index (χ0) is 13.3. The van der Waals surface area contributed by atoms with Crippen LogP contribution < -0.4 is 0 Å². The van der Waals surface area contributed by atoms with Crippen LogP contribution in [0.5, 0.6) is 0 Å². The number of hydrogen-bond donors (Lipinski definition) is 1. The van der Waals surface area contributed by atoms with Gasteiger partial charge in [-0.2, -0.15) is 5.10 Å². The van der Waals surface area contributed by atoms with Gasteiger partial charge in [-0.1, -0.05) is 0 Å². The SMILES string of the molecule is Cc1nn(CC(=O)N2CCCC2)c(C)c1C(=O)O. The summed E-state index contributed by atoms with van der Waals surface area (Å²) >= 11 is 0. The average Bonchev–Trinajstić information content (AvgIpc) is 2.88. The van der Waals surface area contributed by atoms with Crippen molar-refractivity contribution in [1.82, 2.24) is 14.7 Å². The van der Waals surface area contributed by atoms with Crippen LogP contribution in [0.1, 0.15) is 34.6 Å². The Bertz CT molecular complexity index is 487. The second-order valence-electron chi connectivity index (χ2n) is 4.60. The number of aryl methyl sites for hydroxylation is 1. The van der Waals surface area contributed by atoms with E-state index in [1.807, 2.05) is 0 Å². The summed E-state index contributed by atoms with van der Waals surface area (Å²) in [7, 11) is 0. The largest absolute Gasteiger partial charge is 0.478 e. The molecule has 6 nitrogen and oxygen atoms in total. The molecule has 2 rings (SSSR count). The van der Waals surface area contributed by atoms with Gasteiger partial charge in [0.25, 0.3) is 0 Å². The number of nitrogens with zero attached hydrogens (tertiary/aromatic N) is 3. The highest BCUT2D eigenvalue weighted by atomic mass is 16.4. The van der Waals surface area contributed by atoms with E-state index >= 15 is 0 Å². The van der Waals surface area contributed by atoms with Gasteiger partial charge in [-0.3, -0.25) is 9.48 Å². The van der Waals surface area contributed by atoms with E-state index in [9.17, 15) is 9.59 Å². The fourth-order valence-electron chi connectivity index (χ4n) is 2.36. The van der Waals surface area contributed by atoms with Crippen LogP contribution in [-0.4, -0.2) is 44.8 Å². The second-order valence-corrected chi connectivity index (χ2v) is 4.60. The standard InChI is InChI=1S/C12H17N3O3/c1-8-11(12(17)18)9(2)15(13-8)7-10(16)14-5-3-4-6-14/h3-7H2,1-2H3,(H,17,18). The number of carbonyl (C=O) groups is 2. The predicted molar refractivity (Wildman–Crippen MR) is 64.5 cm³/mol. The molecule has 1 aromatic heterocycles. The lowest BCUT2D eigenvalue weighted by atomic mass is 10.2. The third-order valence-corrected chi connectivity index (χ3v) is 3.34. The number of likely N-dealkylation sites (tertiary alicyclic amines) is 1. The molecule has 0 bridgehead atoms. The van der Waals surface area contributed by atoms with E-state index < -0.39 is 5.97 Å². The molecular formula is C12H17N3O3. The molecule has 1 N–H and O–H groups in total. The van der Waals surface area contributed by atoms with E-state index in [0.717, 1.165) is 25.9 Å². The van der Waals surface area contributed by atoms with Gasteiger partial charge < -0.3 is 10.0 Å². The van der Waals surface area contributed by atoms with E-state index in [4.69, 9.17) is 5.11 Å². The number of carboxylic acids is 1. The Morgan fingerprint density at radius 2 is 1.89 bits per heavy atom. The van der Waals surface area contributed by atoms with Crippen LogP contribution in [-0.2, 0) is 11.3 Å². The third-order valence-electron chi connectivity index (χ3n) is 3.34. The number of carboxylic acid groups (broad SMARTS) is 1. The smallest absolute Gasteiger partial charge is 0.339 e. The molecule has 2 heterocycles.